The molecule has 0 unspecified atom stereocenters. The minimum atomic E-state index is -0.00748. The van der Waals surface area contributed by atoms with Gasteiger partial charge in [0.05, 0.1) is 25.6 Å². The van der Waals surface area contributed by atoms with Crippen molar-refractivity contribution in [3.8, 4) is 16.9 Å². The third-order valence-corrected chi connectivity index (χ3v) is 3.75. The fraction of sp³-hybridized carbons (Fsp3) is 0.263. The monoisotopic (exact) mass is 339 g/mol. The zero-order chi connectivity index (χ0) is 17.5. The number of ether oxygens (including phenoxy) is 1. The van der Waals surface area contributed by atoms with Gasteiger partial charge in [0.1, 0.15) is 11.5 Å². The molecule has 0 aliphatic carbocycles. The van der Waals surface area contributed by atoms with E-state index in [2.05, 4.69) is 10.4 Å². The predicted octanol–water partition coefficient (Wildman–Crippen LogP) is 3.16. The summed E-state index contributed by atoms with van der Waals surface area (Å²) in [5.74, 6) is 1.54. The summed E-state index contributed by atoms with van der Waals surface area (Å²) in [5.41, 5.74) is 2.17. The summed E-state index contributed by atoms with van der Waals surface area (Å²) < 4.78 is 12.6. The molecule has 1 aromatic carbocycles. The lowest BCUT2D eigenvalue weighted by Crippen LogP contribution is -2.22. The van der Waals surface area contributed by atoms with Gasteiger partial charge in [-0.05, 0) is 36.2 Å². The van der Waals surface area contributed by atoms with Crippen LogP contribution in [0.15, 0.2) is 59.5 Å². The molecule has 0 spiro atoms. The van der Waals surface area contributed by atoms with Gasteiger partial charge in [-0.15, -0.1) is 0 Å². The SMILES string of the molecule is Cn1cc(-c2ccc(OCCCC(=O)NCc3ccco3)cc2)cn1. The topological polar surface area (TPSA) is 69.3 Å². The molecule has 0 atom stereocenters. The average Bonchev–Trinajstić information content (AvgIpc) is 3.29. The van der Waals surface area contributed by atoms with Crippen LogP contribution in [0, 0.1) is 0 Å². The standard InChI is InChI=1S/C19H21N3O3/c1-22-14-16(12-21-22)15-6-8-17(9-7-15)24-11-3-5-19(23)20-13-18-4-2-10-25-18/h2,4,6-10,12,14H,3,5,11,13H2,1H3,(H,20,23). The predicted molar refractivity (Wildman–Crippen MR) is 93.9 cm³/mol. The first-order chi connectivity index (χ1) is 12.2. The van der Waals surface area contributed by atoms with Crippen LogP contribution in [0.3, 0.4) is 0 Å². The second kappa shape index (κ2) is 8.19. The van der Waals surface area contributed by atoms with E-state index >= 15 is 0 Å². The first-order valence-corrected chi connectivity index (χ1v) is 8.22. The van der Waals surface area contributed by atoms with Crippen molar-refractivity contribution in [1.29, 1.82) is 0 Å². The van der Waals surface area contributed by atoms with E-state index in [0.29, 0.717) is 26.0 Å². The third kappa shape index (κ3) is 4.97. The van der Waals surface area contributed by atoms with E-state index in [1.807, 2.05) is 49.8 Å². The highest BCUT2D eigenvalue weighted by atomic mass is 16.5. The van der Waals surface area contributed by atoms with Gasteiger partial charge in [-0.1, -0.05) is 12.1 Å². The van der Waals surface area contributed by atoms with Gasteiger partial charge in [0.15, 0.2) is 0 Å². The van der Waals surface area contributed by atoms with Crippen LogP contribution in [-0.4, -0.2) is 22.3 Å². The Morgan fingerprint density at radius 2 is 2.08 bits per heavy atom. The second-order valence-electron chi connectivity index (χ2n) is 5.74. The second-order valence-corrected chi connectivity index (χ2v) is 5.74. The molecule has 25 heavy (non-hydrogen) atoms. The number of amides is 1. The zero-order valence-corrected chi connectivity index (χ0v) is 14.1. The lowest BCUT2D eigenvalue weighted by molar-refractivity contribution is -0.121. The Kier molecular flexibility index (Phi) is 5.51. The quantitative estimate of drug-likeness (QED) is 0.640. The summed E-state index contributed by atoms with van der Waals surface area (Å²) in [7, 11) is 1.89. The maximum absolute atomic E-state index is 11.7. The number of aromatic nitrogens is 2. The molecule has 6 heteroatoms. The Labute approximate surface area is 146 Å². The lowest BCUT2D eigenvalue weighted by Gasteiger charge is -2.07. The highest BCUT2D eigenvalue weighted by Crippen LogP contribution is 2.21. The summed E-state index contributed by atoms with van der Waals surface area (Å²) in [4.78, 5) is 11.7. The molecule has 1 N–H and O–H groups in total. The maximum Gasteiger partial charge on any atom is 0.220 e. The van der Waals surface area contributed by atoms with E-state index < -0.39 is 0 Å². The van der Waals surface area contributed by atoms with Gasteiger partial charge in [0.25, 0.3) is 0 Å². The normalized spacial score (nSPS) is 10.6. The molecule has 0 saturated carbocycles. The van der Waals surface area contributed by atoms with E-state index in [1.165, 1.54) is 0 Å². The number of nitrogens with one attached hydrogen (secondary N) is 1. The first kappa shape index (κ1) is 16.8. The van der Waals surface area contributed by atoms with Crippen molar-refractivity contribution in [3.63, 3.8) is 0 Å². The van der Waals surface area contributed by atoms with Crippen molar-refractivity contribution < 1.29 is 13.9 Å². The number of hydrogen-bond donors (Lipinski definition) is 1. The summed E-state index contributed by atoms with van der Waals surface area (Å²) in [6.07, 6.45) is 6.48. The lowest BCUT2D eigenvalue weighted by atomic mass is 10.1. The summed E-state index contributed by atoms with van der Waals surface area (Å²) >= 11 is 0. The van der Waals surface area contributed by atoms with Crippen molar-refractivity contribution in [3.05, 3.63) is 60.8 Å². The molecular formula is C19H21N3O3. The molecule has 6 nitrogen and oxygen atoms in total. The molecule has 0 radical (unpaired) electrons. The number of aryl methyl sites for hydroxylation is 1. The minimum absolute atomic E-state index is 0.00748. The summed E-state index contributed by atoms with van der Waals surface area (Å²) in [5, 5.41) is 6.98. The van der Waals surface area contributed by atoms with Crippen molar-refractivity contribution in [2.45, 2.75) is 19.4 Å². The van der Waals surface area contributed by atoms with E-state index in [0.717, 1.165) is 22.6 Å². The molecule has 3 rings (SSSR count). The van der Waals surface area contributed by atoms with Crippen molar-refractivity contribution in [1.82, 2.24) is 15.1 Å². The van der Waals surface area contributed by atoms with Crippen LogP contribution in [0.4, 0.5) is 0 Å². The Hall–Kier alpha value is -3.02. The van der Waals surface area contributed by atoms with Crippen LogP contribution < -0.4 is 10.1 Å². The van der Waals surface area contributed by atoms with Crippen LogP contribution in [-0.2, 0) is 18.4 Å². The fourth-order valence-electron chi connectivity index (χ4n) is 2.42. The molecule has 0 fully saturated rings. The van der Waals surface area contributed by atoms with E-state index in [4.69, 9.17) is 9.15 Å². The van der Waals surface area contributed by atoms with Gasteiger partial charge >= 0.3 is 0 Å². The number of carbonyl (C=O) groups excluding carboxylic acids is 1. The van der Waals surface area contributed by atoms with Crippen LogP contribution >= 0.6 is 0 Å². The number of hydrogen-bond acceptors (Lipinski definition) is 4. The minimum Gasteiger partial charge on any atom is -0.494 e. The van der Waals surface area contributed by atoms with Gasteiger partial charge in [0.2, 0.25) is 5.91 Å². The van der Waals surface area contributed by atoms with E-state index in [9.17, 15) is 4.79 Å². The highest BCUT2D eigenvalue weighted by molar-refractivity contribution is 5.75. The smallest absolute Gasteiger partial charge is 0.220 e. The fourth-order valence-corrected chi connectivity index (χ4v) is 2.42. The number of rotatable bonds is 8. The van der Waals surface area contributed by atoms with Gasteiger partial charge in [-0.3, -0.25) is 9.48 Å². The highest BCUT2D eigenvalue weighted by Gasteiger charge is 2.04. The molecule has 130 valence electrons. The Balaban J connectivity index is 1.36. The largest absolute Gasteiger partial charge is 0.494 e. The number of furan rings is 1. The van der Waals surface area contributed by atoms with Crippen LogP contribution in [0.5, 0.6) is 5.75 Å². The van der Waals surface area contributed by atoms with Gasteiger partial charge in [-0.2, -0.15) is 5.10 Å². The van der Waals surface area contributed by atoms with Crippen molar-refractivity contribution in [2.75, 3.05) is 6.61 Å². The maximum atomic E-state index is 11.7. The third-order valence-electron chi connectivity index (χ3n) is 3.75. The molecule has 0 aliphatic heterocycles. The zero-order valence-electron chi connectivity index (χ0n) is 14.1. The molecule has 2 heterocycles. The van der Waals surface area contributed by atoms with Crippen LogP contribution in [0.25, 0.3) is 11.1 Å². The molecule has 0 bridgehead atoms. The van der Waals surface area contributed by atoms with Crippen molar-refractivity contribution >= 4 is 5.91 Å². The molecule has 0 aliphatic rings. The first-order valence-electron chi connectivity index (χ1n) is 8.22. The Morgan fingerprint density at radius 3 is 2.76 bits per heavy atom. The van der Waals surface area contributed by atoms with Gasteiger partial charge in [-0.25, -0.2) is 0 Å². The van der Waals surface area contributed by atoms with Crippen LogP contribution in [0.2, 0.25) is 0 Å². The molecule has 1 amide bonds. The number of nitrogens with zero attached hydrogens (tertiary/aromatic N) is 2. The Bertz CT molecular complexity index is 792. The van der Waals surface area contributed by atoms with Gasteiger partial charge < -0.3 is 14.5 Å². The van der Waals surface area contributed by atoms with Gasteiger partial charge in [0, 0.05) is 25.2 Å². The average molecular weight is 339 g/mol. The number of benzene rings is 1. The number of carbonyl (C=O) groups is 1. The molecule has 2 aromatic heterocycles. The van der Waals surface area contributed by atoms with Crippen LogP contribution in [0.1, 0.15) is 18.6 Å². The van der Waals surface area contributed by atoms with E-state index in [1.54, 1.807) is 17.0 Å². The molecular weight excluding hydrogens is 318 g/mol. The molecule has 3 aromatic rings. The summed E-state index contributed by atoms with van der Waals surface area (Å²) in [6.45, 7) is 0.920. The van der Waals surface area contributed by atoms with E-state index in [-0.39, 0.29) is 5.91 Å². The van der Waals surface area contributed by atoms with Crippen molar-refractivity contribution in [2.24, 2.45) is 7.05 Å². The molecule has 0 saturated heterocycles. The summed E-state index contributed by atoms with van der Waals surface area (Å²) in [6, 6.07) is 11.5. The Morgan fingerprint density at radius 1 is 1.24 bits per heavy atom.